The maximum Gasteiger partial charge on any atom is 0.218 e. The Kier molecular flexibility index (Phi) is 9.00. The Bertz CT molecular complexity index is 420. The molecule has 0 atom stereocenters. The van der Waals surface area contributed by atoms with Crippen LogP contribution in [0.4, 0.5) is 0 Å². The molecule has 0 aromatic carbocycles. The fourth-order valence-corrected chi connectivity index (χ4v) is 1.87. The molecular weight excluding hydrogens is 264 g/mol. The highest BCUT2D eigenvalue weighted by Gasteiger charge is 2.03. The summed E-state index contributed by atoms with van der Waals surface area (Å²) in [7, 11) is 0. The molecule has 0 saturated carbocycles. The molecule has 1 aromatic heterocycles. The van der Waals surface area contributed by atoms with Crippen molar-refractivity contribution in [1.82, 2.24) is 10.3 Å². The second kappa shape index (κ2) is 10.9. The van der Waals surface area contributed by atoms with Crippen LogP contribution in [-0.2, 0) is 6.54 Å². The number of guanidine groups is 1. The average molecular weight is 292 g/mol. The molecule has 0 unspecified atom stereocenters. The molecule has 0 fully saturated rings. The first-order valence-electron chi connectivity index (χ1n) is 7.88. The molecule has 1 aromatic rings. The van der Waals surface area contributed by atoms with Gasteiger partial charge in [0.05, 0.1) is 13.2 Å². The maximum atomic E-state index is 5.86. The molecule has 5 nitrogen and oxygen atoms in total. The third-order valence-electron chi connectivity index (χ3n) is 3.05. The van der Waals surface area contributed by atoms with Gasteiger partial charge in [0, 0.05) is 18.3 Å². The second-order valence-corrected chi connectivity index (χ2v) is 5.01. The summed E-state index contributed by atoms with van der Waals surface area (Å²) < 4.78 is 5.60. The lowest BCUT2D eigenvalue weighted by molar-refractivity contribution is 0.302. The second-order valence-electron chi connectivity index (χ2n) is 5.01. The van der Waals surface area contributed by atoms with Gasteiger partial charge >= 0.3 is 0 Å². The number of nitrogens with zero attached hydrogens (tertiary/aromatic N) is 2. The van der Waals surface area contributed by atoms with Gasteiger partial charge in [0.15, 0.2) is 5.96 Å². The van der Waals surface area contributed by atoms with Crippen molar-refractivity contribution in [3.63, 3.8) is 0 Å². The van der Waals surface area contributed by atoms with Crippen molar-refractivity contribution in [2.45, 2.75) is 52.5 Å². The third-order valence-corrected chi connectivity index (χ3v) is 3.05. The van der Waals surface area contributed by atoms with Crippen LogP contribution >= 0.6 is 0 Å². The largest absolute Gasteiger partial charge is 0.477 e. The zero-order valence-corrected chi connectivity index (χ0v) is 13.3. The van der Waals surface area contributed by atoms with Gasteiger partial charge in [-0.2, -0.15) is 0 Å². The Hall–Kier alpha value is -1.78. The molecule has 0 aliphatic heterocycles. The van der Waals surface area contributed by atoms with Crippen molar-refractivity contribution in [2.24, 2.45) is 10.7 Å². The first-order chi connectivity index (χ1) is 10.3. The summed E-state index contributed by atoms with van der Waals surface area (Å²) in [6.45, 7) is 6.30. The number of nitrogens with one attached hydrogen (secondary N) is 1. The fraction of sp³-hybridized carbons (Fsp3) is 0.625. The number of unbranched alkanes of at least 4 members (excludes halogenated alkanes) is 3. The smallest absolute Gasteiger partial charge is 0.218 e. The fourth-order valence-electron chi connectivity index (χ4n) is 1.87. The van der Waals surface area contributed by atoms with Gasteiger partial charge in [0.2, 0.25) is 5.88 Å². The summed E-state index contributed by atoms with van der Waals surface area (Å²) in [5.41, 5.74) is 6.82. The minimum absolute atomic E-state index is 0.483. The first-order valence-corrected chi connectivity index (χ1v) is 7.88. The van der Waals surface area contributed by atoms with E-state index in [0.29, 0.717) is 25.0 Å². The van der Waals surface area contributed by atoms with Crippen molar-refractivity contribution < 1.29 is 4.74 Å². The lowest BCUT2D eigenvalue weighted by Gasteiger charge is -2.08. The van der Waals surface area contributed by atoms with Crippen LogP contribution in [-0.4, -0.2) is 24.1 Å². The van der Waals surface area contributed by atoms with Crippen molar-refractivity contribution in [3.05, 3.63) is 23.9 Å². The molecule has 0 saturated heterocycles. The molecule has 3 N–H and O–H groups in total. The lowest BCUT2D eigenvalue weighted by atomic mass is 10.2. The predicted molar refractivity (Wildman–Crippen MR) is 87.5 cm³/mol. The molecule has 0 aliphatic rings. The van der Waals surface area contributed by atoms with Crippen LogP contribution in [0.5, 0.6) is 5.88 Å². The molecule has 0 aliphatic carbocycles. The van der Waals surface area contributed by atoms with E-state index in [2.05, 4.69) is 29.1 Å². The van der Waals surface area contributed by atoms with Gasteiger partial charge in [-0.25, -0.2) is 9.98 Å². The summed E-state index contributed by atoms with van der Waals surface area (Å²) in [6.07, 6.45) is 7.56. The molecule has 118 valence electrons. The van der Waals surface area contributed by atoms with E-state index in [1.807, 2.05) is 12.1 Å². The molecule has 5 heteroatoms. The van der Waals surface area contributed by atoms with Gasteiger partial charge in [-0.05, 0) is 18.9 Å². The predicted octanol–water partition coefficient (Wildman–Crippen LogP) is 2.86. The minimum Gasteiger partial charge on any atom is -0.477 e. The van der Waals surface area contributed by atoms with Crippen molar-refractivity contribution in [3.8, 4) is 5.88 Å². The summed E-state index contributed by atoms with van der Waals surface area (Å²) in [4.78, 5) is 8.58. The molecule has 21 heavy (non-hydrogen) atoms. The van der Waals surface area contributed by atoms with Crippen LogP contribution in [0.15, 0.2) is 23.3 Å². The van der Waals surface area contributed by atoms with E-state index in [4.69, 9.17) is 10.5 Å². The molecule has 0 radical (unpaired) electrons. The Morgan fingerprint density at radius 2 is 2.14 bits per heavy atom. The number of rotatable bonds is 10. The number of ether oxygens (including phenoxy) is 1. The van der Waals surface area contributed by atoms with Crippen molar-refractivity contribution >= 4 is 5.96 Å². The third kappa shape index (κ3) is 7.54. The highest BCUT2D eigenvalue weighted by Crippen LogP contribution is 2.15. The van der Waals surface area contributed by atoms with Crippen LogP contribution in [0.3, 0.4) is 0 Å². The van der Waals surface area contributed by atoms with Crippen molar-refractivity contribution in [2.75, 3.05) is 13.2 Å². The zero-order chi connectivity index (χ0) is 15.3. The highest BCUT2D eigenvalue weighted by molar-refractivity contribution is 5.77. The summed E-state index contributed by atoms with van der Waals surface area (Å²) >= 11 is 0. The van der Waals surface area contributed by atoms with Crippen LogP contribution in [0.1, 0.15) is 51.5 Å². The van der Waals surface area contributed by atoms with E-state index in [0.717, 1.165) is 24.9 Å². The van der Waals surface area contributed by atoms with Crippen LogP contribution < -0.4 is 15.8 Å². The summed E-state index contributed by atoms with van der Waals surface area (Å²) in [5.74, 6) is 1.13. The Morgan fingerprint density at radius 1 is 1.29 bits per heavy atom. The van der Waals surface area contributed by atoms with Crippen LogP contribution in [0, 0.1) is 0 Å². The van der Waals surface area contributed by atoms with Crippen LogP contribution in [0.25, 0.3) is 0 Å². The number of nitrogens with two attached hydrogens (primary N) is 1. The topological polar surface area (TPSA) is 72.5 Å². The molecule has 0 amide bonds. The lowest BCUT2D eigenvalue weighted by Crippen LogP contribution is -2.32. The zero-order valence-electron chi connectivity index (χ0n) is 13.3. The number of aromatic nitrogens is 1. The molecule has 1 heterocycles. The molecule has 1 rings (SSSR count). The first kappa shape index (κ1) is 17.3. The average Bonchev–Trinajstić information content (AvgIpc) is 2.51. The molecular formula is C16H28N4O. The minimum atomic E-state index is 0.483. The van der Waals surface area contributed by atoms with Crippen LogP contribution in [0.2, 0.25) is 0 Å². The highest BCUT2D eigenvalue weighted by atomic mass is 16.5. The van der Waals surface area contributed by atoms with Gasteiger partial charge in [0.1, 0.15) is 0 Å². The van der Waals surface area contributed by atoms with E-state index in [9.17, 15) is 0 Å². The summed E-state index contributed by atoms with van der Waals surface area (Å²) in [6, 6.07) is 3.86. The van der Waals surface area contributed by atoms with Gasteiger partial charge in [-0.3, -0.25) is 0 Å². The van der Waals surface area contributed by atoms with E-state index in [1.165, 1.54) is 19.3 Å². The number of aliphatic imine (C=N–C) groups is 1. The number of hydrogen-bond acceptors (Lipinski definition) is 3. The number of hydrogen-bond donors (Lipinski definition) is 2. The monoisotopic (exact) mass is 292 g/mol. The van der Waals surface area contributed by atoms with Gasteiger partial charge in [-0.1, -0.05) is 39.2 Å². The Morgan fingerprint density at radius 3 is 2.90 bits per heavy atom. The Balaban J connectivity index is 2.40. The van der Waals surface area contributed by atoms with E-state index >= 15 is 0 Å². The van der Waals surface area contributed by atoms with E-state index in [-0.39, 0.29) is 0 Å². The molecule has 0 spiro atoms. The molecule has 0 bridgehead atoms. The van der Waals surface area contributed by atoms with Gasteiger partial charge in [-0.15, -0.1) is 0 Å². The number of pyridine rings is 1. The Labute approximate surface area is 128 Å². The van der Waals surface area contributed by atoms with E-state index in [1.54, 1.807) is 6.20 Å². The quantitative estimate of drug-likeness (QED) is 0.395. The van der Waals surface area contributed by atoms with Gasteiger partial charge in [0.25, 0.3) is 0 Å². The SMILES string of the molecule is CCCCCCNC(N)=NCc1cccnc1OCCC. The van der Waals surface area contributed by atoms with Gasteiger partial charge < -0.3 is 15.8 Å². The van der Waals surface area contributed by atoms with Crippen molar-refractivity contribution in [1.29, 1.82) is 0 Å². The van der Waals surface area contributed by atoms with E-state index < -0.39 is 0 Å². The summed E-state index contributed by atoms with van der Waals surface area (Å²) in [5, 5.41) is 3.14. The standard InChI is InChI=1S/C16H28N4O/c1-3-5-6-7-10-19-16(17)20-13-14-9-8-11-18-15(14)21-12-4-2/h8-9,11H,3-7,10,12-13H2,1-2H3,(H3,17,19,20). The maximum absolute atomic E-state index is 5.86. The normalized spacial score (nSPS) is 11.4.